The van der Waals surface area contributed by atoms with Crippen LogP contribution in [-0.2, 0) is 10.0 Å². The van der Waals surface area contributed by atoms with Crippen molar-refractivity contribution in [2.24, 2.45) is 0 Å². The molecular weight excluding hydrogens is 248 g/mol. The molecule has 3 N–H and O–H groups in total. The SMILES string of the molecule is CCC(CC)NS(=O)(=O)c1cc(N)cc(C)c1C. The highest BCUT2D eigenvalue weighted by molar-refractivity contribution is 7.89. The highest BCUT2D eigenvalue weighted by Gasteiger charge is 2.21. The van der Waals surface area contributed by atoms with Gasteiger partial charge >= 0.3 is 0 Å². The van der Waals surface area contributed by atoms with Gasteiger partial charge in [0.2, 0.25) is 10.0 Å². The molecule has 0 radical (unpaired) electrons. The number of nitrogens with two attached hydrogens (primary N) is 1. The molecule has 102 valence electrons. The first kappa shape index (κ1) is 15.0. The zero-order valence-corrected chi connectivity index (χ0v) is 12.3. The molecule has 0 bridgehead atoms. The van der Waals surface area contributed by atoms with Gasteiger partial charge in [-0.2, -0.15) is 0 Å². The first-order valence-corrected chi connectivity index (χ1v) is 7.69. The van der Waals surface area contributed by atoms with Crippen molar-refractivity contribution in [1.29, 1.82) is 0 Å². The van der Waals surface area contributed by atoms with Gasteiger partial charge in [-0.15, -0.1) is 0 Å². The third-order valence-corrected chi connectivity index (χ3v) is 4.89. The lowest BCUT2D eigenvalue weighted by Crippen LogP contribution is -2.34. The number of aryl methyl sites for hydroxylation is 1. The molecule has 0 saturated carbocycles. The number of hydrogen-bond acceptors (Lipinski definition) is 3. The van der Waals surface area contributed by atoms with Gasteiger partial charge in [0.25, 0.3) is 0 Å². The summed E-state index contributed by atoms with van der Waals surface area (Å²) in [7, 11) is -3.49. The fourth-order valence-corrected chi connectivity index (χ4v) is 3.63. The standard InChI is InChI=1S/C13H22N2O2S/c1-5-12(6-2)15-18(16,17)13-8-11(14)7-9(3)10(13)4/h7-8,12,15H,5-6,14H2,1-4H3. The molecule has 0 aliphatic rings. The fourth-order valence-electron chi connectivity index (χ4n) is 1.87. The maximum Gasteiger partial charge on any atom is 0.241 e. The summed E-state index contributed by atoms with van der Waals surface area (Å²) in [5.74, 6) is 0. The molecule has 0 heterocycles. The molecular formula is C13H22N2O2S. The van der Waals surface area contributed by atoms with Crippen LogP contribution in [0.1, 0.15) is 37.8 Å². The number of hydrogen-bond donors (Lipinski definition) is 2. The number of benzene rings is 1. The van der Waals surface area contributed by atoms with E-state index in [2.05, 4.69) is 4.72 Å². The van der Waals surface area contributed by atoms with Crippen molar-refractivity contribution in [2.45, 2.75) is 51.5 Å². The fraction of sp³-hybridized carbons (Fsp3) is 0.538. The Morgan fingerprint density at radius 1 is 1.22 bits per heavy atom. The predicted octanol–water partition coefficient (Wildman–Crippen LogP) is 2.35. The van der Waals surface area contributed by atoms with E-state index in [9.17, 15) is 8.42 Å². The van der Waals surface area contributed by atoms with E-state index in [1.807, 2.05) is 20.8 Å². The molecule has 18 heavy (non-hydrogen) atoms. The smallest absolute Gasteiger partial charge is 0.241 e. The van der Waals surface area contributed by atoms with E-state index in [-0.39, 0.29) is 10.9 Å². The van der Waals surface area contributed by atoms with Crippen LogP contribution in [0.2, 0.25) is 0 Å². The number of nitrogen functional groups attached to an aromatic ring is 1. The van der Waals surface area contributed by atoms with Gasteiger partial charge in [-0.25, -0.2) is 13.1 Å². The molecule has 0 aliphatic heterocycles. The molecule has 5 heteroatoms. The van der Waals surface area contributed by atoms with Crippen LogP contribution >= 0.6 is 0 Å². The lowest BCUT2D eigenvalue weighted by molar-refractivity contribution is 0.530. The summed E-state index contributed by atoms with van der Waals surface area (Å²) in [4.78, 5) is 0.284. The Morgan fingerprint density at radius 2 is 1.78 bits per heavy atom. The second kappa shape index (κ2) is 5.71. The van der Waals surface area contributed by atoms with E-state index < -0.39 is 10.0 Å². The summed E-state index contributed by atoms with van der Waals surface area (Å²) in [6.45, 7) is 7.60. The summed E-state index contributed by atoms with van der Waals surface area (Å²) >= 11 is 0. The van der Waals surface area contributed by atoms with Gasteiger partial charge in [0.1, 0.15) is 0 Å². The normalized spacial score (nSPS) is 12.1. The van der Waals surface area contributed by atoms with E-state index in [1.54, 1.807) is 13.0 Å². The van der Waals surface area contributed by atoms with Gasteiger partial charge in [0, 0.05) is 11.7 Å². The number of nitrogens with one attached hydrogen (secondary N) is 1. The van der Waals surface area contributed by atoms with Crippen LogP contribution < -0.4 is 10.5 Å². The minimum atomic E-state index is -3.49. The Kier molecular flexibility index (Phi) is 4.76. The van der Waals surface area contributed by atoms with Crippen LogP contribution in [0.4, 0.5) is 5.69 Å². The summed E-state index contributed by atoms with van der Waals surface area (Å²) < 4.78 is 27.4. The van der Waals surface area contributed by atoms with Crippen LogP contribution in [0.25, 0.3) is 0 Å². The van der Waals surface area contributed by atoms with Gasteiger partial charge in [0.15, 0.2) is 0 Å². The second-order valence-corrected chi connectivity index (χ2v) is 6.28. The lowest BCUT2D eigenvalue weighted by Gasteiger charge is -2.17. The van der Waals surface area contributed by atoms with E-state index in [4.69, 9.17) is 5.73 Å². The molecule has 0 spiro atoms. The van der Waals surface area contributed by atoms with Crippen LogP contribution in [0.5, 0.6) is 0 Å². The monoisotopic (exact) mass is 270 g/mol. The Labute approximate surface area is 110 Å². The van der Waals surface area contributed by atoms with Crippen molar-refractivity contribution in [3.8, 4) is 0 Å². The topological polar surface area (TPSA) is 72.2 Å². The van der Waals surface area contributed by atoms with Gasteiger partial charge in [-0.1, -0.05) is 13.8 Å². The molecule has 0 unspecified atom stereocenters. The Hall–Kier alpha value is -1.07. The molecule has 1 rings (SSSR count). The number of anilines is 1. The summed E-state index contributed by atoms with van der Waals surface area (Å²) in [6.07, 6.45) is 1.55. The van der Waals surface area contributed by atoms with Crippen molar-refractivity contribution in [1.82, 2.24) is 4.72 Å². The molecule has 0 saturated heterocycles. The van der Waals surface area contributed by atoms with Crippen LogP contribution in [0.15, 0.2) is 17.0 Å². The van der Waals surface area contributed by atoms with Gasteiger partial charge in [-0.05, 0) is 49.9 Å². The molecule has 0 amide bonds. The molecule has 0 fully saturated rings. The minimum Gasteiger partial charge on any atom is -0.399 e. The van der Waals surface area contributed by atoms with Crippen molar-refractivity contribution in [3.05, 3.63) is 23.3 Å². The van der Waals surface area contributed by atoms with Gasteiger partial charge in [0.05, 0.1) is 4.90 Å². The maximum atomic E-state index is 12.3. The second-order valence-electron chi connectivity index (χ2n) is 4.60. The average Bonchev–Trinajstić information content (AvgIpc) is 2.30. The minimum absolute atomic E-state index is 0.0314. The zero-order chi connectivity index (χ0) is 13.9. The summed E-state index contributed by atoms with van der Waals surface area (Å²) in [6, 6.07) is 3.27. The molecule has 4 nitrogen and oxygen atoms in total. The molecule has 0 aromatic heterocycles. The third-order valence-electron chi connectivity index (χ3n) is 3.24. The van der Waals surface area contributed by atoms with Crippen molar-refractivity contribution < 1.29 is 8.42 Å². The van der Waals surface area contributed by atoms with E-state index in [0.29, 0.717) is 5.69 Å². The van der Waals surface area contributed by atoms with Crippen LogP contribution in [0, 0.1) is 13.8 Å². The summed E-state index contributed by atoms with van der Waals surface area (Å²) in [5.41, 5.74) is 7.84. The number of sulfonamides is 1. The van der Waals surface area contributed by atoms with E-state index in [1.165, 1.54) is 6.07 Å². The molecule has 1 aromatic rings. The van der Waals surface area contributed by atoms with E-state index >= 15 is 0 Å². The molecule has 0 aliphatic carbocycles. The van der Waals surface area contributed by atoms with Crippen LogP contribution in [-0.4, -0.2) is 14.5 Å². The largest absolute Gasteiger partial charge is 0.399 e. The maximum absolute atomic E-state index is 12.3. The van der Waals surface area contributed by atoms with Crippen molar-refractivity contribution >= 4 is 15.7 Å². The van der Waals surface area contributed by atoms with Crippen LogP contribution in [0.3, 0.4) is 0 Å². The van der Waals surface area contributed by atoms with Crippen molar-refractivity contribution in [2.75, 3.05) is 5.73 Å². The zero-order valence-electron chi connectivity index (χ0n) is 11.4. The highest BCUT2D eigenvalue weighted by Crippen LogP contribution is 2.22. The highest BCUT2D eigenvalue weighted by atomic mass is 32.2. The average molecular weight is 270 g/mol. The predicted molar refractivity (Wildman–Crippen MR) is 75.0 cm³/mol. The first-order valence-electron chi connectivity index (χ1n) is 6.20. The Morgan fingerprint density at radius 3 is 2.28 bits per heavy atom. The quantitative estimate of drug-likeness (QED) is 0.807. The first-order chi connectivity index (χ1) is 8.31. The third kappa shape index (κ3) is 3.23. The van der Waals surface area contributed by atoms with Gasteiger partial charge < -0.3 is 5.73 Å². The molecule has 1 aromatic carbocycles. The Bertz CT molecular complexity index is 520. The Balaban J connectivity index is 3.20. The lowest BCUT2D eigenvalue weighted by atomic mass is 10.1. The van der Waals surface area contributed by atoms with Gasteiger partial charge in [-0.3, -0.25) is 0 Å². The van der Waals surface area contributed by atoms with E-state index in [0.717, 1.165) is 24.0 Å². The molecule has 0 atom stereocenters. The number of rotatable bonds is 5. The summed E-state index contributed by atoms with van der Waals surface area (Å²) in [5, 5.41) is 0. The van der Waals surface area contributed by atoms with Crippen molar-refractivity contribution in [3.63, 3.8) is 0 Å².